The molecule has 0 aliphatic carbocycles. The van der Waals surface area contributed by atoms with E-state index in [1.54, 1.807) is 11.3 Å². The van der Waals surface area contributed by atoms with Gasteiger partial charge in [0.05, 0.1) is 0 Å². The van der Waals surface area contributed by atoms with Gasteiger partial charge < -0.3 is 4.42 Å². The first kappa shape index (κ1) is 28.6. The molecule has 0 radical (unpaired) electrons. The minimum absolute atomic E-state index is 0.653. The Bertz CT molecular complexity index is 3160. The monoisotopic (exact) mass is 687 g/mol. The van der Waals surface area contributed by atoms with Crippen molar-refractivity contribution in [2.45, 2.75) is 0 Å². The van der Waals surface area contributed by atoms with Crippen molar-refractivity contribution in [3.63, 3.8) is 0 Å². The van der Waals surface area contributed by atoms with Crippen molar-refractivity contribution < 1.29 is 4.42 Å². The van der Waals surface area contributed by atoms with Gasteiger partial charge in [0.2, 0.25) is 0 Å². The highest BCUT2D eigenvalue weighted by Crippen LogP contribution is 2.44. The zero-order chi connectivity index (χ0) is 33.5. The molecule has 0 amide bonds. The van der Waals surface area contributed by atoms with Crippen LogP contribution in [0.4, 0.5) is 0 Å². The first-order valence-electron chi connectivity index (χ1n) is 16.8. The van der Waals surface area contributed by atoms with Gasteiger partial charge in [-0.2, -0.15) is 0 Å². The third-order valence-electron chi connectivity index (χ3n) is 9.75. The summed E-state index contributed by atoms with van der Waals surface area (Å²) in [6.45, 7) is 0. The molecule has 0 aliphatic heterocycles. The van der Waals surface area contributed by atoms with Gasteiger partial charge in [0.1, 0.15) is 11.2 Å². The van der Waals surface area contributed by atoms with Crippen LogP contribution in [0.2, 0.25) is 0 Å². The molecule has 0 aliphatic rings. The van der Waals surface area contributed by atoms with Gasteiger partial charge in [-0.3, -0.25) is 0 Å². The van der Waals surface area contributed by atoms with E-state index in [0.29, 0.717) is 17.5 Å². The van der Waals surface area contributed by atoms with E-state index in [-0.39, 0.29) is 0 Å². The summed E-state index contributed by atoms with van der Waals surface area (Å²) in [6, 6.07) is 53.1. The number of aromatic nitrogens is 3. The van der Waals surface area contributed by atoms with Gasteiger partial charge in [-0.1, -0.05) is 115 Å². The highest BCUT2D eigenvalue weighted by Gasteiger charge is 2.18. The predicted octanol–water partition coefficient (Wildman–Crippen LogP) is 13.2. The Morgan fingerprint density at radius 3 is 1.86 bits per heavy atom. The molecule has 4 nitrogen and oxygen atoms in total. The van der Waals surface area contributed by atoms with E-state index in [4.69, 9.17) is 19.4 Å². The normalized spacial score (nSPS) is 11.9. The fraction of sp³-hybridized carbons (Fsp3) is 0. The van der Waals surface area contributed by atoms with Gasteiger partial charge in [-0.15, -0.1) is 22.7 Å². The van der Waals surface area contributed by atoms with Crippen LogP contribution in [0.1, 0.15) is 0 Å². The van der Waals surface area contributed by atoms with Crippen molar-refractivity contribution in [2.75, 3.05) is 0 Å². The first-order chi connectivity index (χ1) is 25.2. The number of para-hydroxylation sites is 2. The van der Waals surface area contributed by atoms with Gasteiger partial charge in [0.15, 0.2) is 17.5 Å². The van der Waals surface area contributed by atoms with E-state index in [1.165, 1.54) is 45.9 Å². The third kappa shape index (κ3) is 4.54. The van der Waals surface area contributed by atoms with Gasteiger partial charge in [-0.05, 0) is 36.4 Å². The summed E-state index contributed by atoms with van der Waals surface area (Å²) < 4.78 is 11.4. The van der Waals surface area contributed by atoms with Crippen molar-refractivity contribution in [2.24, 2.45) is 0 Å². The Kier molecular flexibility index (Phi) is 6.26. The number of thiophene rings is 2. The maximum Gasteiger partial charge on any atom is 0.164 e. The maximum atomic E-state index is 6.46. The molecule has 11 rings (SSSR count). The second kappa shape index (κ2) is 11.2. The van der Waals surface area contributed by atoms with E-state index in [9.17, 15) is 0 Å². The Morgan fingerprint density at radius 1 is 0.373 bits per heavy atom. The summed E-state index contributed by atoms with van der Waals surface area (Å²) >= 11 is 3.61. The predicted molar refractivity (Wildman–Crippen MR) is 215 cm³/mol. The van der Waals surface area contributed by atoms with Gasteiger partial charge in [0, 0.05) is 78.9 Å². The van der Waals surface area contributed by atoms with E-state index >= 15 is 0 Å². The van der Waals surface area contributed by atoms with Crippen LogP contribution in [0.15, 0.2) is 156 Å². The molecule has 0 saturated heterocycles. The molecule has 0 atom stereocenters. The van der Waals surface area contributed by atoms with Crippen molar-refractivity contribution >= 4 is 85.0 Å². The van der Waals surface area contributed by atoms with Gasteiger partial charge in [-0.25, -0.2) is 15.0 Å². The third-order valence-corrected chi connectivity index (χ3v) is 12.1. The lowest BCUT2D eigenvalue weighted by molar-refractivity contribution is 0.670. The molecule has 0 saturated carbocycles. The summed E-state index contributed by atoms with van der Waals surface area (Å²) in [4.78, 5) is 15.2. The second-order valence-electron chi connectivity index (χ2n) is 12.8. The highest BCUT2D eigenvalue weighted by atomic mass is 32.1. The van der Waals surface area contributed by atoms with E-state index in [1.807, 2.05) is 41.7 Å². The number of benzene rings is 7. The van der Waals surface area contributed by atoms with Crippen molar-refractivity contribution in [3.05, 3.63) is 152 Å². The number of hydrogen-bond acceptors (Lipinski definition) is 6. The number of nitrogens with zero attached hydrogens (tertiary/aromatic N) is 3. The molecular formula is C45H25N3OS2. The smallest absolute Gasteiger partial charge is 0.164 e. The van der Waals surface area contributed by atoms with E-state index in [2.05, 4.69) is 121 Å². The lowest BCUT2D eigenvalue weighted by Crippen LogP contribution is -2.00. The SMILES string of the molecule is c1ccc(-c2nc(-c3ccc4c(c3)sc3c(-c5cccc6c5oc5ccccc56)cccc34)nc(-c3ccc4sc5ccccc5c4c3)n2)cc1. The fourth-order valence-electron chi connectivity index (χ4n) is 7.32. The molecular weight excluding hydrogens is 663 g/mol. The zero-order valence-electron chi connectivity index (χ0n) is 27.0. The standard InChI is InChI=1S/C45H25N3OS2/c1-2-10-26(11-3-1)43-46-44(27-21-23-39-36(24-27)30-13-5-7-19-38(30)50-39)48-45(47-43)28-20-22-31-34-16-9-17-35(42(34)51-40(31)25-28)33-15-8-14-32-29-12-4-6-18-37(29)49-41(32)33/h1-25H. The average molecular weight is 688 g/mol. The van der Waals surface area contributed by atoms with Crippen LogP contribution in [-0.4, -0.2) is 15.0 Å². The summed E-state index contributed by atoms with van der Waals surface area (Å²) in [5.74, 6) is 1.97. The molecule has 0 bridgehead atoms. The average Bonchev–Trinajstić information content (AvgIpc) is 3.89. The minimum Gasteiger partial charge on any atom is -0.455 e. The zero-order valence-corrected chi connectivity index (χ0v) is 28.6. The molecule has 11 aromatic rings. The molecule has 4 heterocycles. The van der Waals surface area contributed by atoms with Crippen LogP contribution in [0.25, 0.3) is 108 Å². The van der Waals surface area contributed by atoms with Gasteiger partial charge >= 0.3 is 0 Å². The summed E-state index contributed by atoms with van der Waals surface area (Å²) in [7, 11) is 0. The molecule has 238 valence electrons. The molecule has 0 unspecified atom stereocenters. The largest absolute Gasteiger partial charge is 0.455 e. The highest BCUT2D eigenvalue weighted by molar-refractivity contribution is 7.26. The Balaban J connectivity index is 1.08. The molecule has 7 aromatic carbocycles. The number of furan rings is 1. The van der Waals surface area contributed by atoms with Crippen LogP contribution in [0.5, 0.6) is 0 Å². The summed E-state index contributed by atoms with van der Waals surface area (Å²) in [5.41, 5.74) is 6.98. The molecule has 0 fully saturated rings. The van der Waals surface area contributed by atoms with Crippen LogP contribution >= 0.6 is 22.7 Å². The fourth-order valence-corrected chi connectivity index (χ4v) is 9.68. The molecule has 0 N–H and O–H groups in total. The van der Waals surface area contributed by atoms with Crippen LogP contribution in [0.3, 0.4) is 0 Å². The number of rotatable bonds is 4. The Hall–Kier alpha value is -6.21. The van der Waals surface area contributed by atoms with E-state index in [0.717, 1.165) is 44.2 Å². The van der Waals surface area contributed by atoms with Crippen LogP contribution in [-0.2, 0) is 0 Å². The van der Waals surface area contributed by atoms with E-state index < -0.39 is 0 Å². The molecule has 4 aromatic heterocycles. The summed E-state index contributed by atoms with van der Waals surface area (Å²) in [6.07, 6.45) is 0. The van der Waals surface area contributed by atoms with Crippen LogP contribution < -0.4 is 0 Å². The second-order valence-corrected chi connectivity index (χ2v) is 14.9. The van der Waals surface area contributed by atoms with Crippen molar-refractivity contribution in [1.29, 1.82) is 0 Å². The Labute approximate surface area is 299 Å². The molecule has 6 heteroatoms. The van der Waals surface area contributed by atoms with Crippen molar-refractivity contribution in [1.82, 2.24) is 15.0 Å². The van der Waals surface area contributed by atoms with Gasteiger partial charge in [0.25, 0.3) is 0 Å². The lowest BCUT2D eigenvalue weighted by atomic mass is 10.00. The number of fused-ring (bicyclic) bond motifs is 9. The number of hydrogen-bond donors (Lipinski definition) is 0. The lowest BCUT2D eigenvalue weighted by Gasteiger charge is -2.09. The summed E-state index contributed by atoms with van der Waals surface area (Å²) in [5, 5.41) is 7.18. The minimum atomic E-state index is 0.653. The topological polar surface area (TPSA) is 51.8 Å². The van der Waals surface area contributed by atoms with Crippen LogP contribution in [0, 0.1) is 0 Å². The first-order valence-corrected chi connectivity index (χ1v) is 18.5. The molecule has 0 spiro atoms. The van der Waals surface area contributed by atoms with Crippen molar-refractivity contribution in [3.8, 4) is 45.3 Å². The Morgan fingerprint density at radius 2 is 1.00 bits per heavy atom. The quantitative estimate of drug-likeness (QED) is 0.185. The maximum absolute atomic E-state index is 6.46. The molecule has 51 heavy (non-hydrogen) atoms.